The predicted octanol–water partition coefficient (Wildman–Crippen LogP) is 14.9. The number of anilines is 3. The highest BCUT2D eigenvalue weighted by Crippen LogP contribution is 2.66. The second-order valence-corrected chi connectivity index (χ2v) is 15.5. The van der Waals surface area contributed by atoms with Gasteiger partial charge in [0.15, 0.2) is 0 Å². The monoisotopic (exact) mass is 723 g/mol. The summed E-state index contributed by atoms with van der Waals surface area (Å²) in [7, 11) is 0. The highest BCUT2D eigenvalue weighted by atomic mass is 16.3. The van der Waals surface area contributed by atoms with E-state index in [9.17, 15) is 0 Å². The molecule has 2 nitrogen and oxygen atoms in total. The molecule has 0 radical (unpaired) electrons. The summed E-state index contributed by atoms with van der Waals surface area (Å²) < 4.78 is 6.26. The van der Waals surface area contributed by atoms with Gasteiger partial charge in [0, 0.05) is 27.8 Å². The van der Waals surface area contributed by atoms with Crippen LogP contribution < -0.4 is 4.90 Å². The van der Waals surface area contributed by atoms with Gasteiger partial charge >= 0.3 is 0 Å². The van der Waals surface area contributed by atoms with Crippen molar-refractivity contribution in [1.82, 2.24) is 0 Å². The van der Waals surface area contributed by atoms with E-state index >= 15 is 0 Å². The average molecular weight is 724 g/mol. The van der Waals surface area contributed by atoms with Crippen molar-refractivity contribution in [3.63, 3.8) is 0 Å². The number of benzene rings is 10. The van der Waals surface area contributed by atoms with Gasteiger partial charge in [-0.05, 0) is 125 Å². The maximum atomic E-state index is 6.26. The third-order valence-electron chi connectivity index (χ3n) is 12.8. The van der Waals surface area contributed by atoms with Crippen LogP contribution in [0.1, 0.15) is 22.3 Å². The lowest BCUT2D eigenvalue weighted by Gasteiger charge is -2.33. The summed E-state index contributed by atoms with van der Waals surface area (Å²) in [6, 6.07) is 73.8. The van der Waals surface area contributed by atoms with Crippen LogP contribution in [0.4, 0.5) is 17.1 Å². The Balaban J connectivity index is 1.13. The quantitative estimate of drug-likeness (QED) is 0.169. The Morgan fingerprint density at radius 1 is 0.333 bits per heavy atom. The molecule has 13 rings (SSSR count). The number of nitrogens with zero attached hydrogens (tertiary/aromatic N) is 1. The molecule has 0 unspecified atom stereocenters. The molecule has 10 aromatic carbocycles. The van der Waals surface area contributed by atoms with E-state index in [4.69, 9.17) is 4.42 Å². The number of hydrogen-bond acceptors (Lipinski definition) is 2. The highest BCUT2D eigenvalue weighted by Gasteiger charge is 2.53. The molecule has 0 amide bonds. The smallest absolute Gasteiger partial charge is 0.135 e. The van der Waals surface area contributed by atoms with Crippen LogP contribution in [-0.2, 0) is 5.41 Å². The summed E-state index contributed by atoms with van der Waals surface area (Å²) in [5, 5.41) is 9.94. The predicted molar refractivity (Wildman–Crippen MR) is 237 cm³/mol. The molecule has 0 N–H and O–H groups in total. The van der Waals surface area contributed by atoms with Crippen molar-refractivity contribution in [2.24, 2.45) is 0 Å². The fourth-order valence-electron chi connectivity index (χ4n) is 10.7. The van der Waals surface area contributed by atoms with Crippen LogP contribution in [0, 0.1) is 0 Å². The number of rotatable bonds is 3. The summed E-state index contributed by atoms with van der Waals surface area (Å²) in [6.07, 6.45) is 0. The SMILES string of the molecule is c1ccc(N(c2ccc3c4c(ccc3c2)-c2c(c3ccccc3c3ccccc23)C42c3ccccc3-c3ccccc32)c2ccc3oc4ccccc4c3c2)cc1. The van der Waals surface area contributed by atoms with Gasteiger partial charge in [-0.25, -0.2) is 0 Å². The molecule has 264 valence electrons. The Morgan fingerprint density at radius 2 is 0.912 bits per heavy atom. The number of hydrogen-bond donors (Lipinski definition) is 0. The first-order valence-corrected chi connectivity index (χ1v) is 19.8. The zero-order valence-corrected chi connectivity index (χ0v) is 30.9. The molecule has 2 aliphatic carbocycles. The fourth-order valence-corrected chi connectivity index (χ4v) is 10.7. The first-order chi connectivity index (χ1) is 28.3. The zero-order valence-electron chi connectivity index (χ0n) is 30.9. The van der Waals surface area contributed by atoms with Crippen LogP contribution in [0.15, 0.2) is 205 Å². The van der Waals surface area contributed by atoms with Crippen LogP contribution in [0.2, 0.25) is 0 Å². The molecule has 0 saturated heterocycles. The Labute approximate surface area is 329 Å². The zero-order chi connectivity index (χ0) is 37.2. The molecule has 0 atom stereocenters. The topological polar surface area (TPSA) is 16.4 Å². The Hall–Kier alpha value is -7.42. The molecule has 1 spiro atoms. The summed E-state index contributed by atoms with van der Waals surface area (Å²) in [5.41, 5.74) is 15.4. The van der Waals surface area contributed by atoms with Gasteiger partial charge in [-0.2, -0.15) is 0 Å². The molecule has 57 heavy (non-hydrogen) atoms. The summed E-state index contributed by atoms with van der Waals surface area (Å²) in [5.74, 6) is 0. The molecule has 1 aromatic heterocycles. The van der Waals surface area contributed by atoms with Crippen LogP contribution in [0.3, 0.4) is 0 Å². The number of fused-ring (bicyclic) bond motifs is 20. The third kappa shape index (κ3) is 3.99. The van der Waals surface area contributed by atoms with Crippen LogP contribution >= 0.6 is 0 Å². The summed E-state index contributed by atoms with van der Waals surface area (Å²) in [6.45, 7) is 0. The van der Waals surface area contributed by atoms with E-state index in [0.29, 0.717) is 0 Å². The van der Waals surface area contributed by atoms with E-state index in [-0.39, 0.29) is 0 Å². The van der Waals surface area contributed by atoms with E-state index in [2.05, 4.69) is 193 Å². The van der Waals surface area contributed by atoms with Crippen molar-refractivity contribution in [2.75, 3.05) is 4.90 Å². The standard InChI is InChI=1S/C55H33NO/c1-2-14-35(15-3-1)56(37-28-31-51-47(33-37)43-20-10-13-25-50(43)57-51)36-27-30-38-34(32-36)26-29-46-52-44-21-6-4-16-39(44)40-17-5-7-22-45(40)54(52)55(53(38)46)48-23-11-8-18-41(48)42-19-9-12-24-49(42)55/h1-33H. The van der Waals surface area contributed by atoms with Gasteiger partial charge in [0.2, 0.25) is 0 Å². The lowest BCUT2D eigenvalue weighted by Crippen LogP contribution is -2.26. The van der Waals surface area contributed by atoms with Gasteiger partial charge in [-0.15, -0.1) is 0 Å². The van der Waals surface area contributed by atoms with Gasteiger partial charge in [-0.3, -0.25) is 0 Å². The van der Waals surface area contributed by atoms with Crippen LogP contribution in [-0.4, -0.2) is 0 Å². The molecule has 0 fully saturated rings. The molecule has 2 heteroatoms. The Bertz CT molecular complexity index is 3440. The van der Waals surface area contributed by atoms with Gasteiger partial charge in [0.05, 0.1) is 5.41 Å². The van der Waals surface area contributed by atoms with Crippen molar-refractivity contribution in [1.29, 1.82) is 0 Å². The molecule has 2 aliphatic rings. The molecule has 0 bridgehead atoms. The van der Waals surface area contributed by atoms with Crippen LogP contribution in [0.5, 0.6) is 0 Å². The third-order valence-corrected chi connectivity index (χ3v) is 12.8. The summed E-state index contributed by atoms with van der Waals surface area (Å²) >= 11 is 0. The van der Waals surface area contributed by atoms with E-state index < -0.39 is 5.41 Å². The fraction of sp³-hybridized carbons (Fsp3) is 0.0182. The average Bonchev–Trinajstić information content (AvgIpc) is 3.91. The maximum absolute atomic E-state index is 6.26. The molecule has 0 aliphatic heterocycles. The van der Waals surface area contributed by atoms with E-state index in [0.717, 1.165) is 39.0 Å². The molecule has 11 aromatic rings. The normalized spacial score (nSPS) is 13.4. The van der Waals surface area contributed by atoms with Crippen molar-refractivity contribution in [2.45, 2.75) is 5.41 Å². The number of furan rings is 1. The minimum atomic E-state index is -0.505. The first kappa shape index (κ1) is 30.9. The minimum absolute atomic E-state index is 0.505. The second kappa shape index (κ2) is 11.3. The lowest BCUT2D eigenvalue weighted by molar-refractivity contribution is 0.669. The molecular formula is C55H33NO. The van der Waals surface area contributed by atoms with E-state index in [1.165, 1.54) is 76.8 Å². The van der Waals surface area contributed by atoms with Crippen molar-refractivity contribution in [3.8, 4) is 22.3 Å². The van der Waals surface area contributed by atoms with E-state index in [1.54, 1.807) is 0 Å². The van der Waals surface area contributed by atoms with Crippen molar-refractivity contribution in [3.05, 3.63) is 222 Å². The van der Waals surface area contributed by atoms with Gasteiger partial charge in [0.25, 0.3) is 0 Å². The van der Waals surface area contributed by atoms with Crippen molar-refractivity contribution < 1.29 is 4.42 Å². The van der Waals surface area contributed by atoms with Gasteiger partial charge in [0.1, 0.15) is 11.2 Å². The summed E-state index contributed by atoms with van der Waals surface area (Å²) in [4.78, 5) is 2.37. The molecular weight excluding hydrogens is 691 g/mol. The van der Waals surface area contributed by atoms with Gasteiger partial charge < -0.3 is 9.32 Å². The van der Waals surface area contributed by atoms with Crippen LogP contribution in [0.25, 0.3) is 76.5 Å². The molecule has 0 saturated carbocycles. The minimum Gasteiger partial charge on any atom is -0.456 e. The lowest BCUT2D eigenvalue weighted by atomic mass is 9.68. The molecule has 1 heterocycles. The first-order valence-electron chi connectivity index (χ1n) is 19.8. The van der Waals surface area contributed by atoms with E-state index in [1.807, 2.05) is 12.1 Å². The Kier molecular flexibility index (Phi) is 6.13. The van der Waals surface area contributed by atoms with Crippen molar-refractivity contribution >= 4 is 71.3 Å². The maximum Gasteiger partial charge on any atom is 0.135 e. The van der Waals surface area contributed by atoms with Gasteiger partial charge in [-0.1, -0.05) is 152 Å². The largest absolute Gasteiger partial charge is 0.456 e. The Morgan fingerprint density at radius 3 is 1.68 bits per heavy atom. The number of para-hydroxylation sites is 2. The second-order valence-electron chi connectivity index (χ2n) is 15.5. The highest BCUT2D eigenvalue weighted by molar-refractivity contribution is 6.21.